The van der Waals surface area contributed by atoms with E-state index >= 15 is 0 Å². The number of nitrogens with two attached hydrogens (primary N) is 1. The molecule has 9 unspecified atom stereocenters. The van der Waals surface area contributed by atoms with Gasteiger partial charge in [-0.25, -0.2) is 0 Å². The molecule has 0 fully saturated rings. The van der Waals surface area contributed by atoms with Gasteiger partial charge < -0.3 is 63.2 Å². The largest absolute Gasteiger partial charge is 0.481 e. The maximum atomic E-state index is 13.5. The number of aliphatic hydroxyl groups is 2. The fourth-order valence-electron chi connectivity index (χ4n) is 4.45. The van der Waals surface area contributed by atoms with Crippen LogP contribution >= 0.6 is 0 Å². The van der Waals surface area contributed by atoms with Gasteiger partial charge in [-0.15, -0.1) is 0 Å². The van der Waals surface area contributed by atoms with Crippen LogP contribution in [0.5, 0.6) is 0 Å². The monoisotopic (exact) mass is 747 g/mol. The highest BCUT2D eigenvalue weighted by Crippen LogP contribution is 2.11. The van der Waals surface area contributed by atoms with E-state index < -0.39 is 146 Å². The van der Waals surface area contributed by atoms with E-state index in [0.29, 0.717) is 6.42 Å². The summed E-state index contributed by atoms with van der Waals surface area (Å²) in [7, 11) is 0. The van der Waals surface area contributed by atoms with E-state index in [1.54, 1.807) is 27.7 Å². The highest BCUT2D eigenvalue weighted by Gasteiger charge is 2.36. The van der Waals surface area contributed by atoms with Gasteiger partial charge in [-0.05, 0) is 38.5 Å². The SMILES string of the molecule is CCC(C)C(NC(=O)C(CCC(=O)O)NC(=O)C(CCC(=O)O)NC(=O)C(NC(=O)C(NC(=O)C(N)CO)C(C)C)C(C)O)C(=O)NC(C)C(=O)O. The number of hydrogen-bond donors (Lipinski definition) is 12. The molecule has 13 N–H and O–H groups in total. The van der Waals surface area contributed by atoms with E-state index in [1.807, 2.05) is 0 Å². The summed E-state index contributed by atoms with van der Waals surface area (Å²) in [6, 6.07) is -10.5. The highest BCUT2D eigenvalue weighted by atomic mass is 16.4. The van der Waals surface area contributed by atoms with Crippen molar-refractivity contribution in [3.05, 3.63) is 0 Å². The Balaban J connectivity index is 6.33. The fraction of sp³-hybridized carbons (Fsp3) is 0.710. The van der Waals surface area contributed by atoms with Crippen LogP contribution < -0.4 is 37.6 Å². The van der Waals surface area contributed by atoms with Crippen LogP contribution in [0.1, 0.15) is 73.6 Å². The summed E-state index contributed by atoms with van der Waals surface area (Å²) in [6.45, 7) is 7.95. The van der Waals surface area contributed by atoms with Gasteiger partial charge in [0.1, 0.15) is 42.3 Å². The van der Waals surface area contributed by atoms with Crippen molar-refractivity contribution >= 4 is 53.4 Å². The summed E-state index contributed by atoms with van der Waals surface area (Å²) in [4.78, 5) is 112. The first-order valence-corrected chi connectivity index (χ1v) is 16.6. The van der Waals surface area contributed by atoms with Gasteiger partial charge in [0.05, 0.1) is 12.7 Å². The van der Waals surface area contributed by atoms with Gasteiger partial charge in [-0.1, -0.05) is 34.1 Å². The van der Waals surface area contributed by atoms with Gasteiger partial charge >= 0.3 is 17.9 Å². The molecule has 0 bridgehead atoms. The van der Waals surface area contributed by atoms with Crippen molar-refractivity contribution in [1.82, 2.24) is 31.9 Å². The lowest BCUT2D eigenvalue weighted by atomic mass is 9.97. The summed E-state index contributed by atoms with van der Waals surface area (Å²) >= 11 is 0. The molecule has 0 aliphatic carbocycles. The quantitative estimate of drug-likeness (QED) is 0.0449. The van der Waals surface area contributed by atoms with E-state index in [0.717, 1.165) is 6.92 Å². The number of amides is 6. The molecule has 0 saturated heterocycles. The molecule has 0 radical (unpaired) electrons. The lowest BCUT2D eigenvalue weighted by Gasteiger charge is -2.29. The first-order valence-electron chi connectivity index (χ1n) is 16.6. The molecule has 21 heteroatoms. The number of aliphatic carboxylic acids is 3. The molecule has 0 aromatic carbocycles. The Morgan fingerprint density at radius 3 is 1.38 bits per heavy atom. The average Bonchev–Trinajstić information content (AvgIpc) is 3.06. The molecule has 0 saturated carbocycles. The van der Waals surface area contributed by atoms with Crippen molar-refractivity contribution in [2.45, 2.75) is 122 Å². The van der Waals surface area contributed by atoms with Crippen LogP contribution in [-0.2, 0) is 43.2 Å². The van der Waals surface area contributed by atoms with E-state index in [2.05, 4.69) is 31.9 Å². The Bertz CT molecular complexity index is 1290. The normalized spacial score (nSPS) is 16.3. The number of carboxylic acid groups (broad SMARTS) is 3. The van der Waals surface area contributed by atoms with Crippen LogP contribution in [0.4, 0.5) is 0 Å². The Hall–Kier alpha value is -4.89. The number of carbonyl (C=O) groups is 9. The lowest BCUT2D eigenvalue weighted by Crippen LogP contribution is -2.62. The Morgan fingerprint density at radius 1 is 0.577 bits per heavy atom. The van der Waals surface area contributed by atoms with Crippen LogP contribution in [0.3, 0.4) is 0 Å². The van der Waals surface area contributed by atoms with Crippen molar-refractivity contribution in [2.75, 3.05) is 6.61 Å². The van der Waals surface area contributed by atoms with E-state index in [-0.39, 0.29) is 0 Å². The predicted octanol–water partition coefficient (Wildman–Crippen LogP) is -3.87. The minimum atomic E-state index is -1.77. The smallest absolute Gasteiger partial charge is 0.325 e. The molecule has 0 heterocycles. The predicted molar refractivity (Wildman–Crippen MR) is 180 cm³/mol. The second kappa shape index (κ2) is 22.8. The zero-order valence-corrected chi connectivity index (χ0v) is 30.0. The van der Waals surface area contributed by atoms with Crippen molar-refractivity contribution in [3.8, 4) is 0 Å². The van der Waals surface area contributed by atoms with Crippen molar-refractivity contribution in [3.63, 3.8) is 0 Å². The number of carbonyl (C=O) groups excluding carboxylic acids is 6. The molecule has 296 valence electrons. The molecule has 21 nitrogen and oxygen atoms in total. The second-order valence-corrected chi connectivity index (χ2v) is 12.7. The summed E-state index contributed by atoms with van der Waals surface area (Å²) in [5.41, 5.74) is 5.50. The Kier molecular flexibility index (Phi) is 20.7. The first kappa shape index (κ1) is 47.1. The van der Waals surface area contributed by atoms with Gasteiger partial charge in [0.2, 0.25) is 35.4 Å². The van der Waals surface area contributed by atoms with Crippen molar-refractivity contribution < 1.29 is 68.7 Å². The van der Waals surface area contributed by atoms with Gasteiger partial charge in [0.25, 0.3) is 0 Å². The van der Waals surface area contributed by atoms with Crippen LogP contribution in [0.15, 0.2) is 0 Å². The van der Waals surface area contributed by atoms with Crippen molar-refractivity contribution in [1.29, 1.82) is 0 Å². The molecule has 0 aliphatic heterocycles. The van der Waals surface area contributed by atoms with Gasteiger partial charge in [0.15, 0.2) is 0 Å². The maximum absolute atomic E-state index is 13.5. The molecule has 0 aliphatic rings. The zero-order chi connectivity index (χ0) is 40.5. The number of nitrogens with one attached hydrogen (secondary N) is 6. The summed E-state index contributed by atoms with van der Waals surface area (Å²) in [5, 5.41) is 60.9. The highest BCUT2D eigenvalue weighted by molar-refractivity contribution is 5.97. The number of hydrogen-bond acceptors (Lipinski definition) is 12. The topological polar surface area (TPSA) is 353 Å². The van der Waals surface area contributed by atoms with Crippen LogP contribution in [-0.4, -0.2) is 134 Å². The number of carboxylic acids is 3. The Morgan fingerprint density at radius 2 is 0.981 bits per heavy atom. The summed E-state index contributed by atoms with van der Waals surface area (Å²) in [5.74, 6) is -11.3. The minimum Gasteiger partial charge on any atom is -0.481 e. The Labute approximate surface area is 300 Å². The minimum absolute atomic E-state index is 0.330. The molecule has 9 atom stereocenters. The summed E-state index contributed by atoms with van der Waals surface area (Å²) < 4.78 is 0. The zero-order valence-electron chi connectivity index (χ0n) is 30.0. The van der Waals surface area contributed by atoms with Crippen LogP contribution in [0.2, 0.25) is 0 Å². The van der Waals surface area contributed by atoms with Gasteiger partial charge in [0, 0.05) is 12.8 Å². The molecule has 0 spiro atoms. The fourth-order valence-corrected chi connectivity index (χ4v) is 4.45. The number of rotatable bonds is 24. The molecule has 0 aromatic rings. The van der Waals surface area contributed by atoms with Gasteiger partial charge in [-0.2, -0.15) is 0 Å². The molecule has 0 rings (SSSR count). The van der Waals surface area contributed by atoms with Crippen LogP contribution in [0, 0.1) is 11.8 Å². The molecule has 6 amide bonds. The maximum Gasteiger partial charge on any atom is 0.325 e. The average molecular weight is 748 g/mol. The summed E-state index contributed by atoms with van der Waals surface area (Å²) in [6.07, 6.45) is -3.74. The van der Waals surface area contributed by atoms with E-state index in [4.69, 9.17) is 10.8 Å². The lowest BCUT2D eigenvalue weighted by molar-refractivity contribution is -0.142. The first-order chi connectivity index (χ1) is 24.1. The van der Waals surface area contributed by atoms with Gasteiger partial charge in [-0.3, -0.25) is 43.2 Å². The second-order valence-electron chi connectivity index (χ2n) is 12.7. The third kappa shape index (κ3) is 16.4. The third-order valence-corrected chi connectivity index (χ3v) is 7.93. The molecular formula is C31H53N7O14. The van der Waals surface area contributed by atoms with Crippen LogP contribution in [0.25, 0.3) is 0 Å². The molecule has 52 heavy (non-hydrogen) atoms. The van der Waals surface area contributed by atoms with Crippen molar-refractivity contribution in [2.24, 2.45) is 17.6 Å². The standard InChI is InChI=1S/C31H53N7O14/c1-7-14(4)23(29(49)33-15(5)31(51)52)37-27(47)19(9-11-21(43)44)34-26(46)18(8-10-20(41)42)35-30(50)24(16(6)40)38-28(48)22(13(2)3)36-25(45)17(32)12-39/h13-19,22-24,39-40H,7-12,32H2,1-6H3,(H,33,49)(H,34,46)(H,35,50)(H,36,45)(H,37,47)(H,38,48)(H,41,42)(H,43,44)(H,51,52). The number of aliphatic hydroxyl groups excluding tert-OH is 2. The molecular weight excluding hydrogens is 694 g/mol. The third-order valence-electron chi connectivity index (χ3n) is 7.93. The molecule has 0 aromatic heterocycles. The van der Waals surface area contributed by atoms with E-state index in [1.165, 1.54) is 6.92 Å². The van der Waals surface area contributed by atoms with E-state index in [9.17, 15) is 63.6 Å².